The molecule has 2 heterocycles. The largest absolute Gasteiger partial charge is 0.507 e. The molecule has 0 spiro atoms. The van der Waals surface area contributed by atoms with Gasteiger partial charge in [-0.15, -0.1) is 0 Å². The number of nitrogens with one attached hydrogen (secondary N) is 1. The number of allylic oxidation sites excluding steroid dienone is 5. The van der Waals surface area contributed by atoms with Crippen molar-refractivity contribution in [2.45, 2.75) is 79.3 Å². The van der Waals surface area contributed by atoms with E-state index in [0.717, 1.165) is 6.08 Å². The van der Waals surface area contributed by atoms with Gasteiger partial charge in [-0.05, 0) is 32.8 Å². The molecule has 0 fully saturated rings. The van der Waals surface area contributed by atoms with Crippen LogP contribution >= 0.6 is 0 Å². The van der Waals surface area contributed by atoms with Crippen LogP contribution in [0.1, 0.15) is 84.6 Å². The number of amides is 1. The van der Waals surface area contributed by atoms with Gasteiger partial charge in [-0.1, -0.05) is 52.0 Å². The highest BCUT2D eigenvalue weighted by Gasteiger charge is 2.40. The molecule has 1 amide bonds. The van der Waals surface area contributed by atoms with Gasteiger partial charge in [-0.2, -0.15) is 0 Å². The minimum Gasteiger partial charge on any atom is -0.507 e. The number of Topliss-reactive ketones (excluding diaryl/α,β-unsaturated/α-hetero) is 2. The van der Waals surface area contributed by atoms with Crippen molar-refractivity contribution in [3.05, 3.63) is 69.5 Å². The van der Waals surface area contributed by atoms with Crippen LogP contribution in [0.4, 0.5) is 0 Å². The van der Waals surface area contributed by atoms with E-state index in [0.29, 0.717) is 6.42 Å². The molecule has 12 nitrogen and oxygen atoms in total. The maximum Gasteiger partial charge on any atom is 0.251 e. The maximum absolute atomic E-state index is 13.8. The summed E-state index contributed by atoms with van der Waals surface area (Å²) in [6.45, 7) is 9.88. The van der Waals surface area contributed by atoms with Gasteiger partial charge in [0, 0.05) is 46.8 Å². The summed E-state index contributed by atoms with van der Waals surface area (Å²) < 4.78 is 0. The Morgan fingerprint density at radius 3 is 1.73 bits per heavy atom. The van der Waals surface area contributed by atoms with Crippen molar-refractivity contribution < 1.29 is 54.9 Å². The number of benzene rings is 1. The Labute approximate surface area is 279 Å². The van der Waals surface area contributed by atoms with Crippen molar-refractivity contribution >= 4 is 23.3 Å². The summed E-state index contributed by atoms with van der Waals surface area (Å²) in [5.74, 6) is -9.22. The van der Waals surface area contributed by atoms with Crippen LogP contribution < -0.4 is 5.32 Å². The SMILES string of the molecule is CC[C@@H]1/C=C/C=C(/C)C(=O)NC2=CC(=O)c3c(c(O)c(C)c(O)c3C(=O)/C(C)=C\[C@@H](CO)[C@@H](O)[C@H](C)[C@H](O)[C@H](C)[C@@H](O)[C@@H](C)[C@@H]1O)C2=O. The minimum absolute atomic E-state index is 0.125. The van der Waals surface area contributed by atoms with Crippen LogP contribution in [0.2, 0.25) is 0 Å². The van der Waals surface area contributed by atoms with Gasteiger partial charge in [0.05, 0.1) is 53.4 Å². The molecule has 1 aliphatic carbocycles. The lowest BCUT2D eigenvalue weighted by atomic mass is 9.76. The Morgan fingerprint density at radius 1 is 0.708 bits per heavy atom. The molecule has 0 unspecified atom stereocenters. The van der Waals surface area contributed by atoms with E-state index in [-0.39, 0.29) is 16.7 Å². The maximum atomic E-state index is 13.8. The van der Waals surface area contributed by atoms with Gasteiger partial charge in [0.25, 0.3) is 5.91 Å². The number of aliphatic hydroxyl groups is 5. The number of fused-ring (bicyclic) bond motifs is 15. The second-order valence-electron chi connectivity index (χ2n) is 13.0. The number of phenolic OH excluding ortho intramolecular Hbond substituents is 2. The zero-order chi connectivity index (χ0) is 36.4. The summed E-state index contributed by atoms with van der Waals surface area (Å²) in [6, 6.07) is 0. The number of aromatic hydroxyl groups is 2. The van der Waals surface area contributed by atoms with Gasteiger partial charge >= 0.3 is 0 Å². The Balaban J connectivity index is 2.24. The molecule has 262 valence electrons. The fourth-order valence-corrected chi connectivity index (χ4v) is 6.36. The lowest BCUT2D eigenvalue weighted by Gasteiger charge is -2.37. The summed E-state index contributed by atoms with van der Waals surface area (Å²) in [5.41, 5.74) is -2.48. The van der Waals surface area contributed by atoms with E-state index in [1.165, 1.54) is 45.9 Å². The zero-order valence-electron chi connectivity index (χ0n) is 28.3. The highest BCUT2D eigenvalue weighted by Crippen LogP contribution is 2.41. The number of carbonyl (C=O) groups excluding carboxylic acids is 4. The van der Waals surface area contributed by atoms with Crippen LogP contribution in [0, 0.1) is 36.5 Å². The number of carbonyl (C=O) groups is 4. The Kier molecular flexibility index (Phi) is 12.5. The van der Waals surface area contributed by atoms with E-state index in [9.17, 15) is 54.9 Å². The molecular weight excluding hydrogens is 622 g/mol. The summed E-state index contributed by atoms with van der Waals surface area (Å²) >= 11 is 0. The van der Waals surface area contributed by atoms with Crippen molar-refractivity contribution in [1.82, 2.24) is 5.32 Å². The topological polar surface area (TPSA) is 222 Å². The van der Waals surface area contributed by atoms with Gasteiger partial charge in [0.2, 0.25) is 5.78 Å². The lowest BCUT2D eigenvalue weighted by Crippen LogP contribution is -2.46. The van der Waals surface area contributed by atoms with Crippen LogP contribution in [-0.4, -0.2) is 90.0 Å². The van der Waals surface area contributed by atoms with Crippen molar-refractivity contribution in [1.29, 1.82) is 0 Å². The molecule has 0 saturated heterocycles. The van der Waals surface area contributed by atoms with Gasteiger partial charge in [0.15, 0.2) is 11.6 Å². The third-order valence-electron chi connectivity index (χ3n) is 9.83. The minimum atomic E-state index is -1.44. The fourth-order valence-electron chi connectivity index (χ4n) is 6.36. The smallest absolute Gasteiger partial charge is 0.251 e. The van der Waals surface area contributed by atoms with E-state index >= 15 is 0 Å². The molecule has 0 aromatic heterocycles. The molecule has 4 rings (SSSR count). The van der Waals surface area contributed by atoms with E-state index in [2.05, 4.69) is 5.32 Å². The summed E-state index contributed by atoms with van der Waals surface area (Å²) in [4.78, 5) is 53.8. The highest BCUT2D eigenvalue weighted by molar-refractivity contribution is 6.31. The average molecular weight is 670 g/mol. The van der Waals surface area contributed by atoms with Gasteiger partial charge < -0.3 is 41.1 Å². The van der Waals surface area contributed by atoms with Crippen molar-refractivity contribution in [3.63, 3.8) is 0 Å². The predicted octanol–water partition coefficient (Wildman–Crippen LogP) is 2.42. The molecule has 3 aliphatic rings. The number of hydrogen-bond donors (Lipinski definition) is 8. The third kappa shape index (κ3) is 7.37. The van der Waals surface area contributed by atoms with Gasteiger partial charge in [0.1, 0.15) is 11.5 Å². The molecule has 12 heteroatoms. The molecule has 1 aromatic rings. The summed E-state index contributed by atoms with van der Waals surface area (Å²) in [7, 11) is 0. The number of ketones is 3. The lowest BCUT2D eigenvalue weighted by molar-refractivity contribution is -0.116. The van der Waals surface area contributed by atoms with Crippen LogP contribution in [0.15, 0.2) is 47.2 Å². The normalized spacial score (nSPS) is 34.1. The van der Waals surface area contributed by atoms with Gasteiger partial charge in [-0.3, -0.25) is 19.2 Å². The quantitative estimate of drug-likeness (QED) is 0.228. The molecule has 9 atom stereocenters. The van der Waals surface area contributed by atoms with Gasteiger partial charge in [-0.25, -0.2) is 0 Å². The zero-order valence-corrected chi connectivity index (χ0v) is 28.3. The average Bonchev–Trinajstić information content (AvgIpc) is 3.06. The first-order chi connectivity index (χ1) is 22.4. The van der Waals surface area contributed by atoms with Crippen LogP contribution in [0.25, 0.3) is 0 Å². The molecule has 48 heavy (non-hydrogen) atoms. The van der Waals surface area contributed by atoms with E-state index in [1.54, 1.807) is 19.9 Å². The summed E-state index contributed by atoms with van der Waals surface area (Å²) in [6.07, 6.45) is 2.09. The Bertz CT molecular complexity index is 1590. The molecular formula is C36H47NO11. The van der Waals surface area contributed by atoms with E-state index in [1.807, 2.05) is 6.92 Å². The second kappa shape index (κ2) is 15.5. The third-order valence-corrected chi connectivity index (χ3v) is 9.83. The summed E-state index contributed by atoms with van der Waals surface area (Å²) in [5, 5.41) is 79.1. The first kappa shape index (κ1) is 38.5. The number of aliphatic hydroxyl groups excluding tert-OH is 5. The fraction of sp³-hybridized carbons (Fsp3) is 0.500. The standard InChI is InChI=1S/C36H47NO11/c1-8-21-11-9-10-15(2)36(48)37-23-13-24(39)25-26(33(45)20(7)34(46)27(25)35(23)47)28(40)16(3)12-22(14-38)32(44)19(6)30(42)17(4)29(41)18(5)31(21)43/h9-13,17-19,21-22,29-32,38,41-46H,8,14H2,1-7H3,(H,37,48)/b11-9+,15-10-,16-12-/t17-,18-,19-,21-,22+,29-,30-,31+,32+/m1/s1. The molecule has 8 N–H and O–H groups in total. The molecule has 1 aromatic carbocycles. The number of hydrogen-bond acceptors (Lipinski definition) is 11. The first-order valence-corrected chi connectivity index (χ1v) is 16.0. The molecule has 2 aliphatic heterocycles. The Hall–Kier alpha value is -3.94. The molecule has 4 bridgehead atoms. The first-order valence-electron chi connectivity index (χ1n) is 16.0. The molecule has 0 radical (unpaired) electrons. The monoisotopic (exact) mass is 669 g/mol. The second-order valence-corrected chi connectivity index (χ2v) is 13.0. The Morgan fingerprint density at radius 2 is 1.21 bits per heavy atom. The number of phenols is 2. The predicted molar refractivity (Wildman–Crippen MR) is 176 cm³/mol. The van der Waals surface area contributed by atoms with Crippen molar-refractivity contribution in [2.75, 3.05) is 6.61 Å². The molecule has 0 saturated carbocycles. The van der Waals surface area contributed by atoms with Crippen LogP contribution in [0.3, 0.4) is 0 Å². The number of rotatable bonds is 2. The highest BCUT2D eigenvalue weighted by atomic mass is 16.3. The van der Waals surface area contributed by atoms with E-state index in [4.69, 9.17) is 0 Å². The van der Waals surface area contributed by atoms with Crippen LogP contribution in [-0.2, 0) is 4.79 Å². The van der Waals surface area contributed by atoms with Crippen molar-refractivity contribution in [3.8, 4) is 11.5 Å². The van der Waals surface area contributed by atoms with E-state index < -0.39 is 118 Å². The van der Waals surface area contributed by atoms with Crippen molar-refractivity contribution in [2.24, 2.45) is 29.6 Å². The van der Waals surface area contributed by atoms with Crippen LogP contribution in [0.5, 0.6) is 11.5 Å².